The number of piperidine rings is 1. The van der Waals surface area contributed by atoms with Gasteiger partial charge in [0.2, 0.25) is 5.91 Å². The SMILES string of the molecule is Cc1cccc(OCCNC(=O)[C@H]2CCN[C@@H](C)C2)c1.Cl. The Morgan fingerprint density at radius 1 is 1.48 bits per heavy atom. The van der Waals surface area contributed by atoms with Crippen molar-refractivity contribution in [1.29, 1.82) is 0 Å². The number of benzene rings is 1. The van der Waals surface area contributed by atoms with Crippen LogP contribution in [0.2, 0.25) is 0 Å². The maximum atomic E-state index is 12.0. The van der Waals surface area contributed by atoms with Gasteiger partial charge in [0.15, 0.2) is 0 Å². The highest BCUT2D eigenvalue weighted by Crippen LogP contribution is 2.16. The first kappa shape index (κ1) is 17.8. The molecule has 0 aromatic heterocycles. The molecule has 0 unspecified atom stereocenters. The highest BCUT2D eigenvalue weighted by Gasteiger charge is 2.24. The summed E-state index contributed by atoms with van der Waals surface area (Å²) in [6.45, 7) is 6.16. The molecule has 5 heteroatoms. The standard InChI is InChI=1S/C16H24N2O2.ClH/c1-12-4-3-5-15(10-12)20-9-8-18-16(19)14-6-7-17-13(2)11-14;/h3-5,10,13-14,17H,6-9,11H2,1-2H3,(H,18,19);1H/t13-,14-;/m0./s1. The lowest BCUT2D eigenvalue weighted by Crippen LogP contribution is -2.43. The summed E-state index contributed by atoms with van der Waals surface area (Å²) < 4.78 is 5.62. The number of hydrogen-bond acceptors (Lipinski definition) is 3. The van der Waals surface area contributed by atoms with E-state index in [1.807, 2.05) is 31.2 Å². The van der Waals surface area contributed by atoms with Crippen molar-refractivity contribution in [2.45, 2.75) is 32.7 Å². The van der Waals surface area contributed by atoms with E-state index in [4.69, 9.17) is 4.74 Å². The van der Waals surface area contributed by atoms with E-state index < -0.39 is 0 Å². The fraction of sp³-hybridized carbons (Fsp3) is 0.562. The molecule has 1 aromatic carbocycles. The first-order valence-electron chi connectivity index (χ1n) is 7.35. The van der Waals surface area contributed by atoms with Gasteiger partial charge in [0.05, 0.1) is 6.54 Å². The molecule has 1 amide bonds. The number of nitrogens with one attached hydrogen (secondary N) is 2. The molecule has 0 radical (unpaired) electrons. The Bertz CT molecular complexity index is 454. The molecule has 21 heavy (non-hydrogen) atoms. The van der Waals surface area contributed by atoms with Crippen LogP contribution in [0.25, 0.3) is 0 Å². The van der Waals surface area contributed by atoms with Crippen LogP contribution in [0.1, 0.15) is 25.3 Å². The fourth-order valence-electron chi connectivity index (χ4n) is 2.56. The Morgan fingerprint density at radius 2 is 2.29 bits per heavy atom. The van der Waals surface area contributed by atoms with Crippen molar-refractivity contribution in [2.75, 3.05) is 19.7 Å². The lowest BCUT2D eigenvalue weighted by molar-refractivity contribution is -0.126. The minimum Gasteiger partial charge on any atom is -0.492 e. The minimum atomic E-state index is 0. The summed E-state index contributed by atoms with van der Waals surface area (Å²) in [6, 6.07) is 8.37. The van der Waals surface area contributed by atoms with Gasteiger partial charge in [-0.2, -0.15) is 0 Å². The average molecular weight is 313 g/mol. The number of hydrogen-bond donors (Lipinski definition) is 2. The lowest BCUT2D eigenvalue weighted by Gasteiger charge is -2.27. The highest BCUT2D eigenvalue weighted by molar-refractivity contribution is 5.85. The van der Waals surface area contributed by atoms with Crippen LogP contribution >= 0.6 is 12.4 Å². The predicted molar refractivity (Wildman–Crippen MR) is 87.1 cm³/mol. The molecule has 1 aliphatic heterocycles. The van der Waals surface area contributed by atoms with E-state index in [1.165, 1.54) is 5.56 Å². The van der Waals surface area contributed by atoms with Gasteiger partial charge >= 0.3 is 0 Å². The van der Waals surface area contributed by atoms with Gasteiger partial charge < -0.3 is 15.4 Å². The van der Waals surface area contributed by atoms with E-state index in [-0.39, 0.29) is 24.2 Å². The number of ether oxygens (including phenoxy) is 1. The van der Waals surface area contributed by atoms with Crippen LogP contribution in [-0.2, 0) is 4.79 Å². The average Bonchev–Trinajstić information content (AvgIpc) is 2.43. The van der Waals surface area contributed by atoms with Crippen LogP contribution in [0.3, 0.4) is 0 Å². The summed E-state index contributed by atoms with van der Waals surface area (Å²) in [7, 11) is 0. The summed E-state index contributed by atoms with van der Waals surface area (Å²) in [6.07, 6.45) is 1.85. The smallest absolute Gasteiger partial charge is 0.223 e. The number of amides is 1. The van der Waals surface area contributed by atoms with E-state index in [2.05, 4.69) is 17.6 Å². The van der Waals surface area contributed by atoms with Crippen LogP contribution < -0.4 is 15.4 Å². The number of aryl methyl sites for hydroxylation is 1. The van der Waals surface area contributed by atoms with Crippen molar-refractivity contribution in [3.05, 3.63) is 29.8 Å². The molecule has 1 saturated heterocycles. The maximum absolute atomic E-state index is 12.0. The molecule has 1 heterocycles. The third kappa shape index (κ3) is 5.94. The van der Waals surface area contributed by atoms with Crippen LogP contribution in [0, 0.1) is 12.8 Å². The molecule has 2 atom stereocenters. The van der Waals surface area contributed by atoms with E-state index in [0.717, 1.165) is 25.1 Å². The topological polar surface area (TPSA) is 50.4 Å². The molecule has 1 aliphatic rings. The van der Waals surface area contributed by atoms with E-state index in [1.54, 1.807) is 0 Å². The first-order valence-corrected chi connectivity index (χ1v) is 7.35. The molecule has 1 aromatic rings. The molecular formula is C16H25ClN2O2. The van der Waals surface area contributed by atoms with Gasteiger partial charge in [0, 0.05) is 12.0 Å². The van der Waals surface area contributed by atoms with Crippen molar-refractivity contribution in [3.8, 4) is 5.75 Å². The molecular weight excluding hydrogens is 288 g/mol. The van der Waals surface area contributed by atoms with Crippen molar-refractivity contribution in [2.24, 2.45) is 5.92 Å². The summed E-state index contributed by atoms with van der Waals surface area (Å²) >= 11 is 0. The number of halogens is 1. The molecule has 0 spiro atoms. The molecule has 1 fully saturated rings. The molecule has 0 bridgehead atoms. The van der Waals surface area contributed by atoms with E-state index in [0.29, 0.717) is 19.2 Å². The van der Waals surface area contributed by atoms with Crippen LogP contribution in [0.15, 0.2) is 24.3 Å². The van der Waals surface area contributed by atoms with Gasteiger partial charge in [-0.15, -0.1) is 12.4 Å². The Labute approximate surface area is 133 Å². The molecule has 4 nitrogen and oxygen atoms in total. The minimum absolute atomic E-state index is 0. The van der Waals surface area contributed by atoms with Crippen molar-refractivity contribution in [1.82, 2.24) is 10.6 Å². The van der Waals surface area contributed by atoms with Crippen molar-refractivity contribution < 1.29 is 9.53 Å². The summed E-state index contributed by atoms with van der Waals surface area (Å²) in [5, 5.41) is 6.32. The predicted octanol–water partition coefficient (Wildman–Crippen LogP) is 2.30. The zero-order valence-electron chi connectivity index (χ0n) is 12.7. The maximum Gasteiger partial charge on any atom is 0.223 e. The monoisotopic (exact) mass is 312 g/mol. The largest absolute Gasteiger partial charge is 0.492 e. The van der Waals surface area contributed by atoms with Gasteiger partial charge in [-0.05, 0) is 50.9 Å². The van der Waals surface area contributed by atoms with Gasteiger partial charge in [-0.3, -0.25) is 4.79 Å². The Morgan fingerprint density at radius 3 is 3.00 bits per heavy atom. The quantitative estimate of drug-likeness (QED) is 0.820. The van der Waals surface area contributed by atoms with Gasteiger partial charge in [-0.1, -0.05) is 12.1 Å². The Hall–Kier alpha value is -1.26. The van der Waals surface area contributed by atoms with E-state index >= 15 is 0 Å². The normalized spacial score (nSPS) is 21.2. The zero-order valence-corrected chi connectivity index (χ0v) is 13.5. The first-order chi connectivity index (χ1) is 9.65. The molecule has 118 valence electrons. The Balaban J connectivity index is 0.00000220. The summed E-state index contributed by atoms with van der Waals surface area (Å²) in [5.74, 6) is 1.16. The lowest BCUT2D eigenvalue weighted by atomic mass is 9.92. The van der Waals surface area contributed by atoms with Crippen LogP contribution in [-0.4, -0.2) is 31.6 Å². The second kappa shape index (κ2) is 8.90. The van der Waals surface area contributed by atoms with Gasteiger partial charge in [0.25, 0.3) is 0 Å². The van der Waals surface area contributed by atoms with E-state index in [9.17, 15) is 4.79 Å². The van der Waals surface area contributed by atoms with Crippen LogP contribution in [0.4, 0.5) is 0 Å². The van der Waals surface area contributed by atoms with Crippen molar-refractivity contribution >= 4 is 18.3 Å². The second-order valence-electron chi connectivity index (χ2n) is 5.53. The zero-order chi connectivity index (χ0) is 14.4. The van der Waals surface area contributed by atoms with Crippen molar-refractivity contribution in [3.63, 3.8) is 0 Å². The summed E-state index contributed by atoms with van der Waals surface area (Å²) in [5.41, 5.74) is 1.18. The molecule has 2 rings (SSSR count). The third-order valence-corrected chi connectivity index (χ3v) is 3.65. The molecule has 2 N–H and O–H groups in total. The number of carbonyl (C=O) groups excluding carboxylic acids is 1. The van der Waals surface area contributed by atoms with Gasteiger partial charge in [-0.25, -0.2) is 0 Å². The van der Waals surface area contributed by atoms with Gasteiger partial charge in [0.1, 0.15) is 12.4 Å². The number of carbonyl (C=O) groups is 1. The highest BCUT2D eigenvalue weighted by atomic mass is 35.5. The summed E-state index contributed by atoms with van der Waals surface area (Å²) in [4.78, 5) is 12.0. The van der Waals surface area contributed by atoms with Crippen LogP contribution in [0.5, 0.6) is 5.75 Å². The molecule has 0 saturated carbocycles. The molecule has 0 aliphatic carbocycles. The Kier molecular flexibility index (Phi) is 7.54. The second-order valence-corrected chi connectivity index (χ2v) is 5.53. The fourth-order valence-corrected chi connectivity index (χ4v) is 2.56. The third-order valence-electron chi connectivity index (χ3n) is 3.65. The number of rotatable bonds is 5.